The molecule has 0 radical (unpaired) electrons. The van der Waals surface area contributed by atoms with Gasteiger partial charge in [0, 0.05) is 5.56 Å². The highest BCUT2D eigenvalue weighted by atomic mass is 16.6. The maximum Gasteiger partial charge on any atom is 0.269 e. The van der Waals surface area contributed by atoms with Crippen LogP contribution >= 0.6 is 0 Å². The quantitative estimate of drug-likeness (QED) is 0.591. The lowest BCUT2D eigenvalue weighted by molar-refractivity contribution is -0.375. The third kappa shape index (κ3) is 2.48. The fourth-order valence-corrected chi connectivity index (χ4v) is 2.65. The second-order valence-electron chi connectivity index (χ2n) is 4.63. The highest BCUT2D eigenvalue weighted by molar-refractivity contribution is 5.69. The first kappa shape index (κ1) is 14.4. The van der Waals surface area contributed by atoms with Crippen molar-refractivity contribution in [3.63, 3.8) is 0 Å². The lowest BCUT2D eigenvalue weighted by Gasteiger charge is -2.17. The van der Waals surface area contributed by atoms with E-state index in [1.807, 2.05) is 13.8 Å². The molecule has 5 nitrogen and oxygen atoms in total. The fraction of sp³-hybridized carbons (Fsp3) is 0.467. The third-order valence-electron chi connectivity index (χ3n) is 3.44. The minimum absolute atomic E-state index is 0.0767. The van der Waals surface area contributed by atoms with Gasteiger partial charge in [-0.3, -0.25) is 10.1 Å². The van der Waals surface area contributed by atoms with Crippen LogP contribution in [0, 0.1) is 10.1 Å². The summed E-state index contributed by atoms with van der Waals surface area (Å²) in [5.41, 5.74) is 2.52. The Balaban J connectivity index is 2.60. The highest BCUT2D eigenvalue weighted by Crippen LogP contribution is 2.42. The average molecular weight is 277 g/mol. The number of benzene rings is 1. The van der Waals surface area contributed by atoms with E-state index in [-0.39, 0.29) is 5.70 Å². The zero-order chi connectivity index (χ0) is 14.7. The summed E-state index contributed by atoms with van der Waals surface area (Å²) in [4.78, 5) is 10.6. The Hall–Kier alpha value is -2.04. The zero-order valence-electron chi connectivity index (χ0n) is 11.9. The van der Waals surface area contributed by atoms with E-state index in [9.17, 15) is 10.1 Å². The predicted molar refractivity (Wildman–Crippen MR) is 76.8 cm³/mol. The molecule has 2 rings (SSSR count). The molecule has 1 aromatic rings. The molecule has 0 aliphatic heterocycles. The van der Waals surface area contributed by atoms with Gasteiger partial charge in [0.2, 0.25) is 0 Å². The van der Waals surface area contributed by atoms with Gasteiger partial charge in [-0.05, 0) is 51.3 Å². The largest absolute Gasteiger partial charge is 0.490 e. The second kappa shape index (κ2) is 5.94. The minimum atomic E-state index is -0.440. The van der Waals surface area contributed by atoms with Crippen LogP contribution in [0.25, 0.3) is 5.70 Å². The standard InChI is InChI=1S/C15H19NO4/c1-4-19-14-9-13(10(3)16(17)18)11-7-6-8-12(11)15(14)20-5-2/h9H,3-8H2,1-2H3. The van der Waals surface area contributed by atoms with E-state index in [1.54, 1.807) is 6.07 Å². The SMILES string of the molecule is C=C(c1cc(OCC)c(OCC)c2c1CCC2)[N+](=O)[O-]. The maximum atomic E-state index is 11.0. The van der Waals surface area contributed by atoms with Crippen LogP contribution in [0.4, 0.5) is 0 Å². The van der Waals surface area contributed by atoms with Crippen molar-refractivity contribution in [2.45, 2.75) is 33.1 Å². The van der Waals surface area contributed by atoms with E-state index in [0.29, 0.717) is 24.5 Å². The predicted octanol–water partition coefficient (Wildman–Crippen LogP) is 3.22. The molecule has 0 spiro atoms. The van der Waals surface area contributed by atoms with Gasteiger partial charge in [-0.1, -0.05) is 0 Å². The Morgan fingerprint density at radius 3 is 2.55 bits per heavy atom. The molecule has 0 bridgehead atoms. The first-order valence-electron chi connectivity index (χ1n) is 6.88. The van der Waals surface area contributed by atoms with E-state index >= 15 is 0 Å². The number of ether oxygens (including phenoxy) is 2. The summed E-state index contributed by atoms with van der Waals surface area (Å²) in [6, 6.07) is 1.70. The Kier molecular flexibility index (Phi) is 4.27. The summed E-state index contributed by atoms with van der Waals surface area (Å²) in [5.74, 6) is 1.31. The van der Waals surface area contributed by atoms with Crippen molar-refractivity contribution in [3.05, 3.63) is 39.4 Å². The number of nitro groups is 1. The van der Waals surface area contributed by atoms with Crippen LogP contribution in [-0.4, -0.2) is 18.1 Å². The van der Waals surface area contributed by atoms with E-state index in [4.69, 9.17) is 9.47 Å². The molecule has 0 N–H and O–H groups in total. The molecule has 1 aromatic carbocycles. The van der Waals surface area contributed by atoms with E-state index in [0.717, 1.165) is 36.1 Å². The Morgan fingerprint density at radius 1 is 1.30 bits per heavy atom. The second-order valence-corrected chi connectivity index (χ2v) is 4.63. The van der Waals surface area contributed by atoms with Crippen LogP contribution in [0.2, 0.25) is 0 Å². The first-order valence-corrected chi connectivity index (χ1v) is 6.88. The van der Waals surface area contributed by atoms with Gasteiger partial charge >= 0.3 is 0 Å². The minimum Gasteiger partial charge on any atom is -0.490 e. The van der Waals surface area contributed by atoms with E-state index in [2.05, 4.69) is 6.58 Å². The van der Waals surface area contributed by atoms with Crippen LogP contribution in [0.15, 0.2) is 12.6 Å². The molecule has 108 valence electrons. The average Bonchev–Trinajstić information content (AvgIpc) is 2.89. The molecule has 0 saturated heterocycles. The Bertz CT molecular complexity index is 551. The van der Waals surface area contributed by atoms with Crippen molar-refractivity contribution in [3.8, 4) is 11.5 Å². The van der Waals surface area contributed by atoms with Gasteiger partial charge in [0.05, 0.1) is 23.7 Å². The number of hydrogen-bond acceptors (Lipinski definition) is 4. The van der Waals surface area contributed by atoms with E-state index in [1.165, 1.54) is 0 Å². The first-order chi connectivity index (χ1) is 9.60. The van der Waals surface area contributed by atoms with Crippen LogP contribution in [-0.2, 0) is 12.8 Å². The number of nitrogens with zero attached hydrogens (tertiary/aromatic N) is 1. The summed E-state index contributed by atoms with van der Waals surface area (Å²) in [7, 11) is 0. The van der Waals surface area contributed by atoms with Crippen molar-refractivity contribution in [1.82, 2.24) is 0 Å². The Labute approximate surface area is 118 Å². The van der Waals surface area contributed by atoms with Crippen LogP contribution < -0.4 is 9.47 Å². The van der Waals surface area contributed by atoms with Crippen LogP contribution in [0.3, 0.4) is 0 Å². The molecule has 0 amide bonds. The van der Waals surface area contributed by atoms with Gasteiger partial charge < -0.3 is 9.47 Å². The van der Waals surface area contributed by atoms with Crippen molar-refractivity contribution in [2.24, 2.45) is 0 Å². The highest BCUT2D eigenvalue weighted by Gasteiger charge is 2.28. The van der Waals surface area contributed by atoms with Crippen molar-refractivity contribution in [2.75, 3.05) is 13.2 Å². The maximum absolute atomic E-state index is 11.0. The lowest BCUT2D eigenvalue weighted by atomic mass is 9.99. The number of hydrogen-bond donors (Lipinski definition) is 0. The smallest absolute Gasteiger partial charge is 0.269 e. The molecule has 1 aliphatic rings. The molecule has 0 fully saturated rings. The summed E-state index contributed by atoms with van der Waals surface area (Å²) in [6.45, 7) is 8.41. The molecular formula is C15H19NO4. The van der Waals surface area contributed by atoms with E-state index < -0.39 is 4.92 Å². The fourth-order valence-electron chi connectivity index (χ4n) is 2.65. The number of rotatable bonds is 6. The number of fused-ring (bicyclic) bond motifs is 1. The summed E-state index contributed by atoms with van der Waals surface area (Å²) < 4.78 is 11.3. The molecule has 5 heteroatoms. The van der Waals surface area contributed by atoms with Crippen molar-refractivity contribution < 1.29 is 14.4 Å². The van der Waals surface area contributed by atoms with Gasteiger partial charge in [-0.25, -0.2) is 0 Å². The summed E-state index contributed by atoms with van der Waals surface area (Å²) in [5, 5.41) is 11.0. The molecule has 20 heavy (non-hydrogen) atoms. The molecular weight excluding hydrogens is 258 g/mol. The van der Waals surface area contributed by atoms with Crippen LogP contribution in [0.5, 0.6) is 11.5 Å². The van der Waals surface area contributed by atoms with Gasteiger partial charge in [0.1, 0.15) is 0 Å². The van der Waals surface area contributed by atoms with Crippen molar-refractivity contribution in [1.29, 1.82) is 0 Å². The van der Waals surface area contributed by atoms with Crippen molar-refractivity contribution >= 4 is 5.70 Å². The summed E-state index contributed by atoms with van der Waals surface area (Å²) in [6.07, 6.45) is 2.66. The van der Waals surface area contributed by atoms with Crippen LogP contribution in [0.1, 0.15) is 37.0 Å². The molecule has 0 unspecified atom stereocenters. The molecule has 1 aliphatic carbocycles. The lowest BCUT2D eigenvalue weighted by Crippen LogP contribution is -2.06. The molecule has 0 aromatic heterocycles. The molecule has 0 saturated carbocycles. The van der Waals surface area contributed by atoms with Gasteiger partial charge in [-0.2, -0.15) is 0 Å². The normalized spacial score (nSPS) is 12.9. The molecule has 0 atom stereocenters. The zero-order valence-corrected chi connectivity index (χ0v) is 11.9. The van der Waals surface area contributed by atoms with Gasteiger partial charge in [0.25, 0.3) is 5.70 Å². The van der Waals surface area contributed by atoms with Gasteiger partial charge in [-0.15, -0.1) is 0 Å². The third-order valence-corrected chi connectivity index (χ3v) is 3.44. The topological polar surface area (TPSA) is 61.6 Å². The summed E-state index contributed by atoms with van der Waals surface area (Å²) >= 11 is 0. The van der Waals surface area contributed by atoms with Gasteiger partial charge in [0.15, 0.2) is 11.5 Å². The Morgan fingerprint density at radius 2 is 1.95 bits per heavy atom. The monoisotopic (exact) mass is 277 g/mol. The molecule has 0 heterocycles.